The van der Waals surface area contributed by atoms with Gasteiger partial charge in [0.05, 0.1) is 0 Å². The van der Waals surface area contributed by atoms with Crippen LogP contribution in [0.15, 0.2) is 0 Å². The first-order valence-electron chi connectivity index (χ1n) is 4.71. The highest BCUT2D eigenvalue weighted by atomic mass is 16.8. The molecule has 0 amide bonds. The Labute approximate surface area is 87.1 Å². The zero-order valence-electron chi connectivity index (χ0n) is 8.80. The third-order valence-corrected chi connectivity index (χ3v) is 2.49. The second kappa shape index (κ2) is 3.41. The van der Waals surface area contributed by atoms with Gasteiger partial charge in [0.1, 0.15) is 12.2 Å². The maximum atomic E-state index is 10.9. The van der Waals surface area contributed by atoms with Crippen LogP contribution in [0.3, 0.4) is 0 Å². The van der Waals surface area contributed by atoms with Crippen molar-refractivity contribution in [2.24, 2.45) is 0 Å². The standard InChI is InChI=1S/C9H14O6/c1-9(2)14-4-5(7(10)11)13-8(12-3)6(4)15-9/h4-6,8H,1-3H3,(H,10,11)/t4-,5-,6-,8+/m1/s1. The van der Waals surface area contributed by atoms with E-state index in [0.717, 1.165) is 0 Å². The Morgan fingerprint density at radius 1 is 1.33 bits per heavy atom. The van der Waals surface area contributed by atoms with Crippen molar-refractivity contribution >= 4 is 5.97 Å². The number of ether oxygens (including phenoxy) is 4. The summed E-state index contributed by atoms with van der Waals surface area (Å²) in [6, 6.07) is 0. The molecule has 2 fully saturated rings. The summed E-state index contributed by atoms with van der Waals surface area (Å²) >= 11 is 0. The third-order valence-electron chi connectivity index (χ3n) is 2.49. The van der Waals surface area contributed by atoms with Crippen molar-refractivity contribution in [1.82, 2.24) is 0 Å². The number of carbonyl (C=O) groups is 1. The van der Waals surface area contributed by atoms with E-state index in [1.165, 1.54) is 7.11 Å². The largest absolute Gasteiger partial charge is 0.479 e. The Morgan fingerprint density at radius 2 is 1.93 bits per heavy atom. The summed E-state index contributed by atoms with van der Waals surface area (Å²) in [6.45, 7) is 3.47. The van der Waals surface area contributed by atoms with Crippen LogP contribution >= 0.6 is 0 Å². The SMILES string of the molecule is CO[C@H]1O[C@@H](C(=O)O)[C@H]2OC(C)(C)O[C@@H]12. The van der Waals surface area contributed by atoms with Gasteiger partial charge in [-0.1, -0.05) is 0 Å². The van der Waals surface area contributed by atoms with Crippen molar-refractivity contribution < 1.29 is 28.8 Å². The molecule has 6 heteroatoms. The second-order valence-electron chi connectivity index (χ2n) is 4.06. The molecule has 2 rings (SSSR count). The molecular formula is C9H14O6. The fourth-order valence-corrected chi connectivity index (χ4v) is 1.95. The van der Waals surface area contributed by atoms with Crippen LogP contribution in [0, 0.1) is 0 Å². The summed E-state index contributed by atoms with van der Waals surface area (Å²) in [7, 11) is 1.45. The van der Waals surface area contributed by atoms with Crippen LogP contribution < -0.4 is 0 Å². The minimum atomic E-state index is -1.06. The number of hydrogen-bond donors (Lipinski definition) is 1. The van der Waals surface area contributed by atoms with Gasteiger partial charge in [-0.25, -0.2) is 4.79 Å². The molecule has 86 valence electrons. The first-order valence-corrected chi connectivity index (χ1v) is 4.71. The fraction of sp³-hybridized carbons (Fsp3) is 0.889. The molecule has 2 aliphatic rings. The topological polar surface area (TPSA) is 74.2 Å². The maximum absolute atomic E-state index is 10.9. The van der Waals surface area contributed by atoms with E-state index in [2.05, 4.69) is 0 Å². The molecule has 15 heavy (non-hydrogen) atoms. The van der Waals surface area contributed by atoms with Crippen LogP contribution in [0.1, 0.15) is 13.8 Å². The van der Waals surface area contributed by atoms with Crippen LogP contribution in [-0.4, -0.2) is 48.6 Å². The molecule has 2 saturated heterocycles. The minimum Gasteiger partial charge on any atom is -0.479 e. The van der Waals surface area contributed by atoms with Gasteiger partial charge in [0.25, 0.3) is 0 Å². The van der Waals surface area contributed by atoms with E-state index < -0.39 is 36.4 Å². The molecule has 0 aromatic carbocycles. The van der Waals surface area contributed by atoms with Gasteiger partial charge in [-0.3, -0.25) is 0 Å². The number of carboxylic acids is 1. The summed E-state index contributed by atoms with van der Waals surface area (Å²) in [4.78, 5) is 10.9. The van der Waals surface area contributed by atoms with Gasteiger partial charge in [0, 0.05) is 7.11 Å². The van der Waals surface area contributed by atoms with Gasteiger partial charge in [0.15, 0.2) is 18.2 Å². The van der Waals surface area contributed by atoms with Crippen LogP contribution in [0.4, 0.5) is 0 Å². The number of methoxy groups -OCH3 is 1. The average molecular weight is 218 g/mol. The summed E-state index contributed by atoms with van der Waals surface area (Å²) in [5.74, 6) is -1.85. The minimum absolute atomic E-state index is 0.480. The highest BCUT2D eigenvalue weighted by Crippen LogP contribution is 2.38. The lowest BCUT2D eigenvalue weighted by Gasteiger charge is -2.22. The van der Waals surface area contributed by atoms with Crippen molar-refractivity contribution in [2.75, 3.05) is 7.11 Å². The normalized spacial score (nSPS) is 42.9. The summed E-state index contributed by atoms with van der Waals surface area (Å²) in [5, 5.41) is 8.93. The van der Waals surface area contributed by atoms with Gasteiger partial charge in [-0.05, 0) is 13.8 Å². The van der Waals surface area contributed by atoms with Crippen molar-refractivity contribution in [3.63, 3.8) is 0 Å². The molecule has 0 spiro atoms. The van der Waals surface area contributed by atoms with Crippen LogP contribution in [-0.2, 0) is 23.7 Å². The number of carboxylic acid groups (broad SMARTS) is 1. The van der Waals surface area contributed by atoms with Crippen molar-refractivity contribution in [1.29, 1.82) is 0 Å². The van der Waals surface area contributed by atoms with E-state index in [1.807, 2.05) is 0 Å². The molecule has 0 saturated carbocycles. The van der Waals surface area contributed by atoms with E-state index in [-0.39, 0.29) is 0 Å². The van der Waals surface area contributed by atoms with Crippen LogP contribution in [0.5, 0.6) is 0 Å². The Hall–Kier alpha value is -0.690. The van der Waals surface area contributed by atoms with Crippen LogP contribution in [0.2, 0.25) is 0 Å². The molecule has 2 aliphatic heterocycles. The number of aliphatic carboxylic acids is 1. The zero-order chi connectivity index (χ0) is 11.2. The third kappa shape index (κ3) is 1.74. The molecule has 0 unspecified atom stereocenters. The Kier molecular flexibility index (Phi) is 2.46. The molecular weight excluding hydrogens is 204 g/mol. The molecule has 0 bridgehead atoms. The lowest BCUT2D eigenvalue weighted by molar-refractivity contribution is -0.229. The molecule has 0 radical (unpaired) electrons. The highest BCUT2D eigenvalue weighted by molar-refractivity contribution is 5.73. The van der Waals surface area contributed by atoms with E-state index in [9.17, 15) is 4.79 Å². The maximum Gasteiger partial charge on any atom is 0.335 e. The van der Waals surface area contributed by atoms with Gasteiger partial charge < -0.3 is 24.1 Å². The number of hydrogen-bond acceptors (Lipinski definition) is 5. The van der Waals surface area contributed by atoms with E-state index in [1.54, 1.807) is 13.8 Å². The fourth-order valence-electron chi connectivity index (χ4n) is 1.95. The van der Waals surface area contributed by atoms with E-state index in [4.69, 9.17) is 24.1 Å². The molecule has 6 nitrogen and oxygen atoms in total. The van der Waals surface area contributed by atoms with E-state index >= 15 is 0 Å². The lowest BCUT2D eigenvalue weighted by Crippen LogP contribution is -2.35. The van der Waals surface area contributed by atoms with Crippen molar-refractivity contribution in [3.8, 4) is 0 Å². The molecule has 0 aromatic heterocycles. The predicted molar refractivity (Wildman–Crippen MR) is 47.1 cm³/mol. The Balaban J connectivity index is 2.19. The van der Waals surface area contributed by atoms with Gasteiger partial charge in [-0.15, -0.1) is 0 Å². The predicted octanol–water partition coefficient (Wildman–Crippen LogP) is -0.0376. The van der Waals surface area contributed by atoms with E-state index in [0.29, 0.717) is 0 Å². The first kappa shape index (κ1) is 10.8. The first-order chi connectivity index (χ1) is 6.94. The lowest BCUT2D eigenvalue weighted by atomic mass is 10.1. The average Bonchev–Trinajstić information content (AvgIpc) is 2.57. The molecule has 4 atom stereocenters. The van der Waals surface area contributed by atoms with Gasteiger partial charge >= 0.3 is 5.97 Å². The Bertz CT molecular complexity index is 276. The number of fused-ring (bicyclic) bond motifs is 1. The molecule has 1 N–H and O–H groups in total. The summed E-state index contributed by atoms with van der Waals surface area (Å²) in [5.41, 5.74) is 0. The number of rotatable bonds is 2. The molecule has 0 aromatic rings. The quantitative estimate of drug-likeness (QED) is 0.701. The highest BCUT2D eigenvalue weighted by Gasteiger charge is 2.57. The van der Waals surface area contributed by atoms with Crippen molar-refractivity contribution in [3.05, 3.63) is 0 Å². The molecule has 2 heterocycles. The smallest absolute Gasteiger partial charge is 0.335 e. The second-order valence-corrected chi connectivity index (χ2v) is 4.06. The summed E-state index contributed by atoms with van der Waals surface area (Å²) in [6.07, 6.45) is -2.80. The van der Waals surface area contributed by atoms with Gasteiger partial charge in [0.2, 0.25) is 0 Å². The van der Waals surface area contributed by atoms with Gasteiger partial charge in [-0.2, -0.15) is 0 Å². The molecule has 0 aliphatic carbocycles. The monoisotopic (exact) mass is 218 g/mol. The zero-order valence-corrected chi connectivity index (χ0v) is 8.80. The summed E-state index contributed by atoms with van der Waals surface area (Å²) < 4.78 is 21.2. The van der Waals surface area contributed by atoms with Crippen molar-refractivity contribution in [2.45, 2.75) is 44.2 Å². The van der Waals surface area contributed by atoms with Crippen LogP contribution in [0.25, 0.3) is 0 Å². The Morgan fingerprint density at radius 3 is 2.47 bits per heavy atom.